The van der Waals surface area contributed by atoms with Gasteiger partial charge in [-0.25, -0.2) is 0 Å². The Balaban J connectivity index is 1.94. The fourth-order valence-electron chi connectivity index (χ4n) is 2.00. The van der Waals surface area contributed by atoms with Gasteiger partial charge in [0.2, 0.25) is 0 Å². The molecule has 3 aromatic rings. The van der Waals surface area contributed by atoms with Crippen molar-refractivity contribution in [3.05, 3.63) is 47.0 Å². The van der Waals surface area contributed by atoms with E-state index in [1.165, 1.54) is 4.52 Å². The maximum atomic E-state index is 12.3. The third kappa shape index (κ3) is 2.45. The summed E-state index contributed by atoms with van der Waals surface area (Å²) in [7, 11) is 0. The normalized spacial score (nSPS) is 10.8. The van der Waals surface area contributed by atoms with E-state index in [1.807, 2.05) is 31.2 Å². The van der Waals surface area contributed by atoms with Crippen molar-refractivity contribution < 1.29 is 4.79 Å². The zero-order valence-electron chi connectivity index (χ0n) is 12.0. The van der Waals surface area contributed by atoms with Gasteiger partial charge in [0, 0.05) is 5.69 Å². The Bertz CT molecular complexity index is 821. The van der Waals surface area contributed by atoms with Gasteiger partial charge in [-0.1, -0.05) is 17.7 Å². The van der Waals surface area contributed by atoms with Crippen LogP contribution < -0.4 is 5.32 Å². The molecule has 0 radical (unpaired) electrons. The molecule has 106 valence electrons. The minimum Gasteiger partial charge on any atom is -0.321 e. The van der Waals surface area contributed by atoms with E-state index < -0.39 is 0 Å². The number of aryl methyl sites for hydroxylation is 3. The summed E-state index contributed by atoms with van der Waals surface area (Å²) in [6, 6.07) is 7.54. The van der Waals surface area contributed by atoms with Gasteiger partial charge in [0.25, 0.3) is 11.7 Å². The molecule has 0 unspecified atom stereocenters. The number of aromatic nitrogens is 5. The number of carbonyl (C=O) groups excluding carboxylic acids is 1. The van der Waals surface area contributed by atoms with E-state index in [4.69, 9.17) is 0 Å². The number of nitrogens with one attached hydrogen (secondary N) is 1. The molecule has 0 fully saturated rings. The van der Waals surface area contributed by atoms with Crippen molar-refractivity contribution in [3.63, 3.8) is 0 Å². The minimum absolute atomic E-state index is 0.230. The van der Waals surface area contributed by atoms with E-state index in [2.05, 4.69) is 25.6 Å². The third-order valence-corrected chi connectivity index (χ3v) is 3.12. The zero-order valence-corrected chi connectivity index (χ0v) is 12.0. The van der Waals surface area contributed by atoms with Gasteiger partial charge in [-0.3, -0.25) is 4.79 Å². The lowest BCUT2D eigenvalue weighted by Gasteiger charge is -2.07. The fraction of sp³-hybridized carbons (Fsp3) is 0.214. The van der Waals surface area contributed by atoms with Gasteiger partial charge < -0.3 is 5.32 Å². The molecular weight excluding hydrogens is 268 g/mol. The van der Waals surface area contributed by atoms with E-state index in [1.54, 1.807) is 13.8 Å². The molecule has 0 aliphatic rings. The summed E-state index contributed by atoms with van der Waals surface area (Å²) in [5.74, 6) is 0.652. The molecule has 2 heterocycles. The van der Waals surface area contributed by atoms with Crippen LogP contribution in [-0.2, 0) is 0 Å². The van der Waals surface area contributed by atoms with Crippen LogP contribution in [0, 0.1) is 20.8 Å². The average Bonchev–Trinajstić information content (AvgIpc) is 2.83. The van der Waals surface area contributed by atoms with Crippen LogP contribution in [-0.4, -0.2) is 30.7 Å². The van der Waals surface area contributed by atoms with Gasteiger partial charge in [0.15, 0.2) is 5.69 Å². The molecule has 0 atom stereocenters. The Morgan fingerprint density at radius 2 is 1.81 bits per heavy atom. The van der Waals surface area contributed by atoms with Gasteiger partial charge in [-0.05, 0) is 32.9 Å². The maximum absolute atomic E-state index is 12.3. The highest BCUT2D eigenvalue weighted by Crippen LogP contribution is 2.12. The molecule has 21 heavy (non-hydrogen) atoms. The first-order valence-corrected chi connectivity index (χ1v) is 6.49. The second-order valence-electron chi connectivity index (χ2n) is 4.82. The van der Waals surface area contributed by atoms with Crippen molar-refractivity contribution >= 4 is 17.4 Å². The Kier molecular flexibility index (Phi) is 3.09. The molecule has 0 bridgehead atoms. The van der Waals surface area contributed by atoms with Crippen LogP contribution in [0.3, 0.4) is 0 Å². The lowest BCUT2D eigenvalue weighted by molar-refractivity contribution is 0.102. The molecule has 0 spiro atoms. The highest BCUT2D eigenvalue weighted by molar-refractivity contribution is 6.03. The fourth-order valence-corrected chi connectivity index (χ4v) is 2.00. The summed E-state index contributed by atoms with van der Waals surface area (Å²) in [4.78, 5) is 16.4. The Labute approximate surface area is 121 Å². The van der Waals surface area contributed by atoms with Gasteiger partial charge >= 0.3 is 0 Å². The first kappa shape index (κ1) is 13.2. The van der Waals surface area contributed by atoms with E-state index in [0.717, 1.165) is 5.56 Å². The van der Waals surface area contributed by atoms with Crippen LogP contribution in [0.2, 0.25) is 0 Å². The number of anilines is 1. The van der Waals surface area contributed by atoms with E-state index in [0.29, 0.717) is 23.0 Å². The van der Waals surface area contributed by atoms with Crippen molar-refractivity contribution in [2.24, 2.45) is 0 Å². The topological polar surface area (TPSA) is 85.1 Å². The molecule has 0 saturated heterocycles. The summed E-state index contributed by atoms with van der Waals surface area (Å²) in [5.41, 5.74) is 2.67. The van der Waals surface area contributed by atoms with Crippen molar-refractivity contribution in [2.75, 3.05) is 5.32 Å². The first-order valence-electron chi connectivity index (χ1n) is 6.49. The van der Waals surface area contributed by atoms with Gasteiger partial charge in [0.1, 0.15) is 5.82 Å². The van der Waals surface area contributed by atoms with Crippen molar-refractivity contribution in [3.8, 4) is 0 Å². The number of hydrogen-bond donors (Lipinski definition) is 1. The van der Waals surface area contributed by atoms with Gasteiger partial charge in [-0.2, -0.15) is 9.50 Å². The highest BCUT2D eigenvalue weighted by atomic mass is 16.2. The summed E-state index contributed by atoms with van der Waals surface area (Å²) < 4.78 is 1.52. The molecule has 2 aromatic heterocycles. The molecule has 7 heteroatoms. The van der Waals surface area contributed by atoms with Crippen LogP contribution in [0.1, 0.15) is 27.6 Å². The molecule has 0 saturated carbocycles. The lowest BCUT2D eigenvalue weighted by atomic mass is 10.2. The predicted octanol–water partition coefficient (Wildman–Crippen LogP) is 1.70. The van der Waals surface area contributed by atoms with Crippen LogP contribution >= 0.6 is 0 Å². The number of rotatable bonds is 2. The van der Waals surface area contributed by atoms with Crippen LogP contribution in [0.4, 0.5) is 5.69 Å². The molecule has 7 nitrogen and oxygen atoms in total. The number of amides is 1. The summed E-state index contributed by atoms with van der Waals surface area (Å²) >= 11 is 0. The SMILES string of the molecule is Cc1ccc(NC(=O)c2nnc3nc(C)nn3c2C)cc1. The number of benzene rings is 1. The van der Waals surface area contributed by atoms with Crippen molar-refractivity contribution in [2.45, 2.75) is 20.8 Å². The highest BCUT2D eigenvalue weighted by Gasteiger charge is 2.16. The van der Waals surface area contributed by atoms with Crippen LogP contribution in [0.15, 0.2) is 24.3 Å². The third-order valence-electron chi connectivity index (χ3n) is 3.12. The monoisotopic (exact) mass is 282 g/mol. The quantitative estimate of drug-likeness (QED) is 0.773. The van der Waals surface area contributed by atoms with E-state index in [9.17, 15) is 4.79 Å². The molecule has 1 amide bonds. The van der Waals surface area contributed by atoms with E-state index >= 15 is 0 Å². The van der Waals surface area contributed by atoms with Crippen molar-refractivity contribution in [1.29, 1.82) is 0 Å². The van der Waals surface area contributed by atoms with Gasteiger partial charge in [0.05, 0.1) is 5.69 Å². The Morgan fingerprint density at radius 1 is 1.10 bits per heavy atom. The summed E-state index contributed by atoms with van der Waals surface area (Å²) in [5, 5.41) is 14.9. The molecule has 3 rings (SSSR count). The van der Waals surface area contributed by atoms with E-state index in [-0.39, 0.29) is 11.6 Å². The summed E-state index contributed by atoms with van der Waals surface area (Å²) in [6.07, 6.45) is 0. The first-order chi connectivity index (χ1) is 10.0. The number of nitrogens with zero attached hydrogens (tertiary/aromatic N) is 5. The Morgan fingerprint density at radius 3 is 2.52 bits per heavy atom. The largest absolute Gasteiger partial charge is 0.321 e. The molecule has 1 aromatic carbocycles. The molecule has 0 aliphatic carbocycles. The molecule has 1 N–H and O–H groups in total. The lowest BCUT2D eigenvalue weighted by Crippen LogP contribution is -2.18. The summed E-state index contributed by atoms with van der Waals surface area (Å²) in [6.45, 7) is 5.52. The smallest absolute Gasteiger partial charge is 0.278 e. The van der Waals surface area contributed by atoms with Crippen molar-refractivity contribution in [1.82, 2.24) is 24.8 Å². The molecular formula is C14H14N6O. The van der Waals surface area contributed by atoms with Gasteiger partial charge in [-0.15, -0.1) is 15.3 Å². The number of carbonyl (C=O) groups is 1. The minimum atomic E-state index is -0.320. The molecule has 0 aliphatic heterocycles. The average molecular weight is 282 g/mol. The number of hydrogen-bond acceptors (Lipinski definition) is 5. The number of fused-ring (bicyclic) bond motifs is 1. The predicted molar refractivity (Wildman–Crippen MR) is 77.2 cm³/mol. The maximum Gasteiger partial charge on any atom is 0.278 e. The Hall–Kier alpha value is -2.83. The second-order valence-corrected chi connectivity index (χ2v) is 4.82. The zero-order chi connectivity index (χ0) is 15.0. The van der Waals surface area contributed by atoms with Crippen LogP contribution in [0.5, 0.6) is 0 Å². The standard InChI is InChI=1S/C14H14N6O/c1-8-4-6-11(7-5-8)16-13(21)12-9(2)20-14(18-17-12)15-10(3)19-20/h4-7H,1-3H3,(H,16,21). The van der Waals surface area contributed by atoms with Crippen LogP contribution in [0.25, 0.3) is 5.78 Å². The second kappa shape index (κ2) is 4.93.